The molecule has 4 N–H and O–H groups in total. The number of ether oxygens (including phenoxy) is 2. The summed E-state index contributed by atoms with van der Waals surface area (Å²) in [4.78, 5) is 31.0. The first-order valence-electron chi connectivity index (χ1n) is 9.73. The minimum atomic E-state index is -0.552. The van der Waals surface area contributed by atoms with Crippen LogP contribution in [0.15, 0.2) is 42.6 Å². The van der Waals surface area contributed by atoms with Crippen molar-refractivity contribution in [3.8, 4) is 11.5 Å². The maximum atomic E-state index is 12.2. The van der Waals surface area contributed by atoms with E-state index in [1.54, 1.807) is 18.2 Å². The van der Waals surface area contributed by atoms with Gasteiger partial charge in [0.15, 0.2) is 18.0 Å². The predicted octanol–water partition coefficient (Wildman–Crippen LogP) is -0.675. The molecule has 0 saturated carbocycles. The van der Waals surface area contributed by atoms with Gasteiger partial charge < -0.3 is 19.7 Å². The third-order valence-corrected chi connectivity index (χ3v) is 4.97. The number of quaternary nitrogens is 1. The smallest absolute Gasteiger partial charge is 0.326 e. The van der Waals surface area contributed by atoms with Gasteiger partial charge in [0, 0.05) is 17.8 Å². The number of urea groups is 1. The van der Waals surface area contributed by atoms with Gasteiger partial charge in [-0.3, -0.25) is 15.0 Å². The zero-order chi connectivity index (χ0) is 20.1. The highest BCUT2D eigenvalue weighted by atomic mass is 16.6. The minimum Gasteiger partial charge on any atom is -0.486 e. The Morgan fingerprint density at radius 3 is 2.62 bits per heavy atom. The minimum absolute atomic E-state index is 0.265. The van der Waals surface area contributed by atoms with Crippen molar-refractivity contribution < 1.29 is 28.9 Å². The van der Waals surface area contributed by atoms with E-state index in [2.05, 4.69) is 20.5 Å². The summed E-state index contributed by atoms with van der Waals surface area (Å²) in [5.41, 5.74) is 0.541. The van der Waals surface area contributed by atoms with E-state index >= 15 is 0 Å². The van der Waals surface area contributed by atoms with Crippen molar-refractivity contribution in [3.05, 3.63) is 42.6 Å². The molecular weight excluding hydrogens is 374 g/mol. The Hall–Kier alpha value is -3.33. The van der Waals surface area contributed by atoms with Crippen molar-refractivity contribution in [1.29, 1.82) is 0 Å². The van der Waals surface area contributed by atoms with Gasteiger partial charge in [0.2, 0.25) is 0 Å². The Bertz CT molecular complexity index is 868. The van der Waals surface area contributed by atoms with Crippen LogP contribution in [-0.4, -0.2) is 57.9 Å². The SMILES string of the molecule is O=C(C[NH+]1CCN(c2cccc[nH+]2)CC1)NC(=O)Nc1ccc2c(c1)OCCO2. The lowest BCUT2D eigenvalue weighted by Gasteiger charge is -2.27. The number of H-pyrrole nitrogens is 1. The molecule has 0 atom stereocenters. The van der Waals surface area contributed by atoms with Crippen molar-refractivity contribution in [2.24, 2.45) is 0 Å². The standard InChI is InChI=1S/C20H23N5O4/c26-19(14-24-7-9-25(10-8-24)18-3-1-2-6-21-18)23-20(27)22-15-4-5-16-17(13-15)29-12-11-28-16/h1-6,13H,7-12,14H2,(H2,22,23,26,27)/p+2. The van der Waals surface area contributed by atoms with Gasteiger partial charge in [-0.15, -0.1) is 0 Å². The van der Waals surface area contributed by atoms with Crippen LogP contribution in [0.3, 0.4) is 0 Å². The van der Waals surface area contributed by atoms with Crippen LogP contribution in [0.5, 0.6) is 11.5 Å². The lowest BCUT2D eigenvalue weighted by Crippen LogP contribution is -3.16. The molecule has 152 valence electrons. The number of piperazine rings is 1. The molecule has 0 radical (unpaired) electrons. The second-order valence-electron chi connectivity index (χ2n) is 7.02. The fraction of sp³-hybridized carbons (Fsp3) is 0.350. The number of carbonyl (C=O) groups excluding carboxylic acids is 2. The molecule has 3 amide bonds. The highest BCUT2D eigenvalue weighted by molar-refractivity contribution is 6.01. The van der Waals surface area contributed by atoms with Crippen LogP contribution in [0.25, 0.3) is 0 Å². The molecule has 0 unspecified atom stereocenters. The molecule has 1 saturated heterocycles. The van der Waals surface area contributed by atoms with Crippen LogP contribution < -0.4 is 34.9 Å². The molecule has 1 aromatic carbocycles. The van der Waals surface area contributed by atoms with E-state index in [4.69, 9.17) is 9.47 Å². The summed E-state index contributed by atoms with van der Waals surface area (Å²) < 4.78 is 10.9. The summed E-state index contributed by atoms with van der Waals surface area (Å²) in [5.74, 6) is 2.01. The van der Waals surface area contributed by atoms with Gasteiger partial charge >= 0.3 is 6.03 Å². The van der Waals surface area contributed by atoms with Gasteiger partial charge in [0.1, 0.15) is 39.4 Å². The fourth-order valence-electron chi connectivity index (χ4n) is 3.50. The molecule has 0 bridgehead atoms. The maximum absolute atomic E-state index is 12.2. The predicted molar refractivity (Wildman–Crippen MR) is 105 cm³/mol. The number of nitrogens with zero attached hydrogens (tertiary/aromatic N) is 1. The van der Waals surface area contributed by atoms with Crippen molar-refractivity contribution >= 4 is 23.4 Å². The Labute approximate surface area is 168 Å². The second kappa shape index (κ2) is 8.78. The highest BCUT2D eigenvalue weighted by Gasteiger charge is 2.27. The molecule has 29 heavy (non-hydrogen) atoms. The number of fused-ring (bicyclic) bond motifs is 1. The summed E-state index contributed by atoms with van der Waals surface area (Å²) in [6.07, 6.45) is 1.91. The lowest BCUT2D eigenvalue weighted by atomic mass is 10.2. The van der Waals surface area contributed by atoms with Gasteiger partial charge in [-0.2, -0.15) is 0 Å². The van der Waals surface area contributed by atoms with E-state index in [0.29, 0.717) is 30.4 Å². The first-order chi connectivity index (χ1) is 14.2. The Balaban J connectivity index is 1.22. The zero-order valence-corrected chi connectivity index (χ0v) is 16.1. The Morgan fingerprint density at radius 1 is 1.07 bits per heavy atom. The van der Waals surface area contributed by atoms with Gasteiger partial charge in [-0.05, 0) is 18.2 Å². The summed E-state index contributed by atoms with van der Waals surface area (Å²) >= 11 is 0. The molecule has 2 aliphatic heterocycles. The van der Waals surface area contributed by atoms with Crippen LogP contribution in [0.2, 0.25) is 0 Å². The topological polar surface area (TPSA) is 98.5 Å². The van der Waals surface area contributed by atoms with Gasteiger partial charge in [-0.25, -0.2) is 9.78 Å². The lowest BCUT2D eigenvalue weighted by molar-refractivity contribution is -0.892. The van der Waals surface area contributed by atoms with E-state index in [-0.39, 0.29) is 12.5 Å². The van der Waals surface area contributed by atoms with E-state index in [1.165, 1.54) is 0 Å². The van der Waals surface area contributed by atoms with E-state index < -0.39 is 6.03 Å². The van der Waals surface area contributed by atoms with Gasteiger partial charge in [-0.1, -0.05) is 6.07 Å². The average molecular weight is 399 g/mol. The molecule has 0 aliphatic carbocycles. The molecule has 9 nitrogen and oxygen atoms in total. The van der Waals surface area contributed by atoms with Crippen molar-refractivity contribution in [1.82, 2.24) is 5.32 Å². The summed E-state index contributed by atoms with van der Waals surface area (Å²) in [7, 11) is 0. The average Bonchev–Trinajstić information content (AvgIpc) is 2.74. The van der Waals surface area contributed by atoms with E-state index in [9.17, 15) is 9.59 Å². The summed E-state index contributed by atoms with van der Waals surface area (Å²) in [6.45, 7) is 4.62. The molecule has 4 rings (SSSR count). The number of aromatic amines is 1. The van der Waals surface area contributed by atoms with E-state index in [0.717, 1.165) is 36.9 Å². The third-order valence-electron chi connectivity index (χ3n) is 4.97. The molecule has 2 aliphatic rings. The number of anilines is 2. The van der Waals surface area contributed by atoms with E-state index in [1.807, 2.05) is 24.4 Å². The number of hydrogen-bond acceptors (Lipinski definition) is 5. The van der Waals surface area contributed by atoms with Crippen LogP contribution in [0, 0.1) is 0 Å². The zero-order valence-electron chi connectivity index (χ0n) is 16.1. The number of benzene rings is 1. The van der Waals surface area contributed by atoms with Crippen LogP contribution in [-0.2, 0) is 4.79 Å². The highest BCUT2D eigenvalue weighted by Crippen LogP contribution is 2.32. The molecule has 1 aromatic heterocycles. The number of amides is 3. The first kappa shape index (κ1) is 19.0. The number of aromatic nitrogens is 1. The third kappa shape index (κ3) is 4.94. The Kier molecular flexibility index (Phi) is 5.76. The van der Waals surface area contributed by atoms with Gasteiger partial charge in [0.25, 0.3) is 11.7 Å². The number of nitrogens with one attached hydrogen (secondary N) is 4. The summed E-state index contributed by atoms with van der Waals surface area (Å²) in [6, 6.07) is 10.6. The maximum Gasteiger partial charge on any atom is 0.326 e. The molecule has 2 aromatic rings. The van der Waals surface area contributed by atoms with Crippen LogP contribution >= 0.6 is 0 Å². The number of pyridine rings is 1. The fourth-order valence-corrected chi connectivity index (χ4v) is 3.50. The monoisotopic (exact) mass is 399 g/mol. The second-order valence-corrected chi connectivity index (χ2v) is 7.02. The number of hydrogen-bond donors (Lipinski definition) is 3. The first-order valence-corrected chi connectivity index (χ1v) is 9.73. The van der Waals surface area contributed by atoms with Crippen molar-refractivity contribution in [2.75, 3.05) is 56.2 Å². The van der Waals surface area contributed by atoms with Crippen LogP contribution in [0.4, 0.5) is 16.3 Å². The quantitative estimate of drug-likeness (QED) is 0.633. The molecule has 9 heteroatoms. The summed E-state index contributed by atoms with van der Waals surface area (Å²) in [5, 5.41) is 5.06. The van der Waals surface area contributed by atoms with Crippen molar-refractivity contribution in [2.45, 2.75) is 0 Å². The molecule has 0 spiro atoms. The van der Waals surface area contributed by atoms with Crippen molar-refractivity contribution in [3.63, 3.8) is 0 Å². The largest absolute Gasteiger partial charge is 0.486 e. The number of rotatable bonds is 4. The van der Waals surface area contributed by atoms with Gasteiger partial charge in [0.05, 0.1) is 6.20 Å². The molecule has 3 heterocycles. The molecular formula is C20H25N5O4+2. The van der Waals surface area contributed by atoms with Crippen LogP contribution in [0.1, 0.15) is 0 Å². The normalized spacial score (nSPS) is 16.2. The molecule has 1 fully saturated rings. The number of carbonyl (C=O) groups is 2. The number of imide groups is 1. The Morgan fingerprint density at radius 2 is 1.86 bits per heavy atom.